The minimum Gasteiger partial charge on any atom is -0.363 e. The molecular formula is C18H17N7O. The second kappa shape index (κ2) is 6.07. The van der Waals surface area contributed by atoms with Gasteiger partial charge in [-0.05, 0) is 36.4 Å². The maximum Gasteiger partial charge on any atom is 0.257 e. The molecule has 8 heteroatoms. The van der Waals surface area contributed by atoms with E-state index in [0.29, 0.717) is 22.4 Å². The predicted octanol–water partition coefficient (Wildman–Crippen LogP) is 2.23. The SMILES string of the molecule is CN(C)c1ccc2cc(NC(=O)c3cnc4c(c3)nnn4C)ccc2n1. The summed E-state index contributed by atoms with van der Waals surface area (Å²) >= 11 is 0. The number of nitrogens with one attached hydrogen (secondary N) is 1. The van der Waals surface area contributed by atoms with Crippen molar-refractivity contribution < 1.29 is 4.79 Å². The van der Waals surface area contributed by atoms with Crippen LogP contribution in [0.1, 0.15) is 10.4 Å². The van der Waals surface area contributed by atoms with E-state index in [4.69, 9.17) is 0 Å². The van der Waals surface area contributed by atoms with E-state index in [1.54, 1.807) is 17.8 Å². The van der Waals surface area contributed by atoms with Crippen molar-refractivity contribution in [3.05, 3.63) is 48.2 Å². The van der Waals surface area contributed by atoms with Crippen molar-refractivity contribution in [1.82, 2.24) is 25.0 Å². The molecule has 0 saturated heterocycles. The van der Waals surface area contributed by atoms with Crippen LogP contribution in [0.25, 0.3) is 22.1 Å². The van der Waals surface area contributed by atoms with Crippen LogP contribution in [0.5, 0.6) is 0 Å². The fourth-order valence-electron chi connectivity index (χ4n) is 2.70. The van der Waals surface area contributed by atoms with Crippen LogP contribution in [0.2, 0.25) is 0 Å². The Bertz CT molecular complexity index is 1130. The third-order valence-electron chi connectivity index (χ3n) is 4.09. The molecule has 1 aromatic carbocycles. The first-order valence-electron chi connectivity index (χ1n) is 8.06. The first-order chi connectivity index (χ1) is 12.5. The largest absolute Gasteiger partial charge is 0.363 e. The lowest BCUT2D eigenvalue weighted by atomic mass is 10.2. The summed E-state index contributed by atoms with van der Waals surface area (Å²) in [5.74, 6) is 0.639. The molecule has 4 aromatic rings. The van der Waals surface area contributed by atoms with Gasteiger partial charge in [0.25, 0.3) is 5.91 Å². The number of nitrogens with zero attached hydrogens (tertiary/aromatic N) is 6. The van der Waals surface area contributed by atoms with Crippen LogP contribution in [0.15, 0.2) is 42.6 Å². The van der Waals surface area contributed by atoms with Crippen molar-refractivity contribution in [2.45, 2.75) is 0 Å². The van der Waals surface area contributed by atoms with Gasteiger partial charge in [0.2, 0.25) is 0 Å². The lowest BCUT2D eigenvalue weighted by Gasteiger charge is -2.12. The van der Waals surface area contributed by atoms with E-state index in [1.165, 1.54) is 6.20 Å². The van der Waals surface area contributed by atoms with Gasteiger partial charge in [-0.15, -0.1) is 5.10 Å². The number of hydrogen-bond acceptors (Lipinski definition) is 6. The summed E-state index contributed by atoms with van der Waals surface area (Å²) < 4.78 is 1.56. The zero-order valence-corrected chi connectivity index (χ0v) is 14.6. The molecular weight excluding hydrogens is 330 g/mol. The number of rotatable bonds is 3. The van der Waals surface area contributed by atoms with Gasteiger partial charge in [-0.2, -0.15) is 0 Å². The van der Waals surface area contributed by atoms with Gasteiger partial charge in [-0.1, -0.05) is 5.21 Å². The zero-order chi connectivity index (χ0) is 18.3. The van der Waals surface area contributed by atoms with Gasteiger partial charge in [0.1, 0.15) is 11.3 Å². The normalized spacial score (nSPS) is 11.0. The number of aromatic nitrogens is 5. The molecule has 1 amide bonds. The Kier molecular flexibility index (Phi) is 3.72. The van der Waals surface area contributed by atoms with Gasteiger partial charge in [0, 0.05) is 38.4 Å². The molecule has 4 rings (SSSR count). The molecule has 0 aliphatic carbocycles. The summed E-state index contributed by atoms with van der Waals surface area (Å²) in [6, 6.07) is 11.2. The van der Waals surface area contributed by atoms with E-state index in [1.807, 2.05) is 49.3 Å². The molecule has 0 bridgehead atoms. The molecule has 0 saturated carbocycles. The van der Waals surface area contributed by atoms with Gasteiger partial charge in [0.15, 0.2) is 5.65 Å². The van der Waals surface area contributed by atoms with Crippen LogP contribution >= 0.6 is 0 Å². The van der Waals surface area contributed by atoms with Crippen LogP contribution < -0.4 is 10.2 Å². The number of amides is 1. The number of aryl methyl sites for hydroxylation is 1. The summed E-state index contributed by atoms with van der Waals surface area (Å²) in [6.07, 6.45) is 1.52. The summed E-state index contributed by atoms with van der Waals surface area (Å²) in [6.45, 7) is 0. The molecule has 3 aromatic heterocycles. The van der Waals surface area contributed by atoms with Crippen molar-refractivity contribution in [1.29, 1.82) is 0 Å². The third-order valence-corrected chi connectivity index (χ3v) is 4.09. The lowest BCUT2D eigenvalue weighted by Crippen LogP contribution is -2.12. The average Bonchev–Trinajstić information content (AvgIpc) is 3.01. The number of fused-ring (bicyclic) bond motifs is 2. The molecule has 0 aliphatic rings. The highest BCUT2D eigenvalue weighted by Gasteiger charge is 2.11. The Hall–Kier alpha value is -3.55. The van der Waals surface area contributed by atoms with Crippen molar-refractivity contribution in [2.75, 3.05) is 24.3 Å². The molecule has 0 spiro atoms. The molecule has 0 atom stereocenters. The molecule has 0 unspecified atom stereocenters. The minimum absolute atomic E-state index is 0.248. The average molecular weight is 347 g/mol. The second-order valence-corrected chi connectivity index (χ2v) is 6.21. The summed E-state index contributed by atoms with van der Waals surface area (Å²) in [7, 11) is 5.66. The summed E-state index contributed by atoms with van der Waals surface area (Å²) in [5.41, 5.74) is 3.21. The number of benzene rings is 1. The van der Waals surface area contributed by atoms with Gasteiger partial charge in [-0.25, -0.2) is 14.6 Å². The van der Waals surface area contributed by atoms with Gasteiger partial charge < -0.3 is 10.2 Å². The third kappa shape index (κ3) is 2.81. The molecule has 0 radical (unpaired) electrons. The topological polar surface area (TPSA) is 88.8 Å². The Morgan fingerprint density at radius 3 is 2.77 bits per heavy atom. The summed E-state index contributed by atoms with van der Waals surface area (Å²) in [4.78, 5) is 23.3. The van der Waals surface area contributed by atoms with Crippen LogP contribution in [-0.2, 0) is 7.05 Å². The number of anilines is 2. The molecule has 0 fully saturated rings. The van der Waals surface area contributed by atoms with E-state index >= 15 is 0 Å². The van der Waals surface area contributed by atoms with Gasteiger partial charge in [0.05, 0.1) is 11.1 Å². The van der Waals surface area contributed by atoms with E-state index in [-0.39, 0.29) is 5.91 Å². The minimum atomic E-state index is -0.248. The number of pyridine rings is 2. The molecule has 26 heavy (non-hydrogen) atoms. The quantitative estimate of drug-likeness (QED) is 0.611. The fraction of sp³-hybridized carbons (Fsp3) is 0.167. The van der Waals surface area contributed by atoms with Crippen LogP contribution in [0.3, 0.4) is 0 Å². The van der Waals surface area contributed by atoms with Crippen molar-refractivity contribution in [3.63, 3.8) is 0 Å². The first-order valence-corrected chi connectivity index (χ1v) is 8.06. The maximum absolute atomic E-state index is 12.5. The van der Waals surface area contributed by atoms with E-state index in [2.05, 4.69) is 25.6 Å². The highest BCUT2D eigenvalue weighted by atomic mass is 16.1. The monoisotopic (exact) mass is 347 g/mol. The fourth-order valence-corrected chi connectivity index (χ4v) is 2.70. The lowest BCUT2D eigenvalue weighted by molar-refractivity contribution is 0.102. The Morgan fingerprint density at radius 1 is 1.12 bits per heavy atom. The van der Waals surface area contributed by atoms with Crippen LogP contribution in [0, 0.1) is 0 Å². The standard InChI is InChI=1S/C18H17N7O/c1-24(2)16-7-4-11-8-13(5-6-14(11)21-16)20-18(26)12-9-15-17(19-10-12)25(3)23-22-15/h4-10H,1-3H3,(H,20,26). The van der Waals surface area contributed by atoms with E-state index in [0.717, 1.165) is 16.7 Å². The zero-order valence-electron chi connectivity index (χ0n) is 14.6. The highest BCUT2D eigenvalue weighted by Crippen LogP contribution is 2.21. The Morgan fingerprint density at radius 2 is 1.96 bits per heavy atom. The first kappa shape index (κ1) is 15.9. The maximum atomic E-state index is 12.5. The molecule has 8 nitrogen and oxygen atoms in total. The number of carbonyl (C=O) groups is 1. The predicted molar refractivity (Wildman–Crippen MR) is 100 cm³/mol. The van der Waals surface area contributed by atoms with E-state index < -0.39 is 0 Å². The Balaban J connectivity index is 1.60. The van der Waals surface area contributed by atoms with Crippen molar-refractivity contribution in [3.8, 4) is 0 Å². The van der Waals surface area contributed by atoms with Crippen molar-refractivity contribution >= 4 is 39.5 Å². The van der Waals surface area contributed by atoms with Gasteiger partial charge >= 0.3 is 0 Å². The van der Waals surface area contributed by atoms with Crippen LogP contribution in [-0.4, -0.2) is 45.0 Å². The second-order valence-electron chi connectivity index (χ2n) is 6.21. The van der Waals surface area contributed by atoms with Crippen LogP contribution in [0.4, 0.5) is 11.5 Å². The molecule has 0 aliphatic heterocycles. The number of carbonyl (C=O) groups excluding carboxylic acids is 1. The molecule has 130 valence electrons. The van der Waals surface area contributed by atoms with Crippen molar-refractivity contribution in [2.24, 2.45) is 7.05 Å². The molecule has 1 N–H and O–H groups in total. The van der Waals surface area contributed by atoms with E-state index in [9.17, 15) is 4.79 Å². The number of hydrogen-bond donors (Lipinski definition) is 1. The smallest absolute Gasteiger partial charge is 0.257 e. The summed E-state index contributed by atoms with van der Waals surface area (Å²) in [5, 5.41) is 11.7. The Labute approximate surface area is 149 Å². The molecule has 3 heterocycles. The highest BCUT2D eigenvalue weighted by molar-refractivity contribution is 6.06. The van der Waals surface area contributed by atoms with Gasteiger partial charge in [-0.3, -0.25) is 4.79 Å².